The van der Waals surface area contributed by atoms with E-state index in [2.05, 4.69) is 0 Å². The van der Waals surface area contributed by atoms with Gasteiger partial charge in [0.2, 0.25) is 11.8 Å². The van der Waals surface area contributed by atoms with E-state index in [4.69, 9.17) is 0 Å². The van der Waals surface area contributed by atoms with Crippen LogP contribution in [-0.4, -0.2) is 58.4 Å². The Labute approximate surface area is 166 Å². The molecule has 6 nitrogen and oxygen atoms in total. The average Bonchev–Trinajstić information content (AvgIpc) is 3.26. The van der Waals surface area contributed by atoms with Gasteiger partial charge in [-0.25, -0.2) is 0 Å². The van der Waals surface area contributed by atoms with Crippen LogP contribution in [0.2, 0.25) is 0 Å². The smallest absolute Gasteiger partial charge is 0.308 e. The van der Waals surface area contributed by atoms with Crippen molar-refractivity contribution < 1.29 is 19.5 Å². The molecule has 0 spiro atoms. The Bertz CT molecular complexity index is 669. The lowest BCUT2D eigenvalue weighted by Gasteiger charge is -2.56. The first-order valence-corrected chi connectivity index (χ1v) is 11.2. The normalized spacial score (nSPS) is 44.3. The van der Waals surface area contributed by atoms with Crippen LogP contribution in [0.3, 0.4) is 0 Å². The lowest BCUT2D eigenvalue weighted by Crippen LogP contribution is -2.57. The lowest BCUT2D eigenvalue weighted by molar-refractivity contribution is -0.162. The van der Waals surface area contributed by atoms with Crippen molar-refractivity contribution >= 4 is 17.8 Å². The summed E-state index contributed by atoms with van der Waals surface area (Å²) in [4.78, 5) is 42.0. The third-order valence-corrected chi connectivity index (χ3v) is 8.53. The third-order valence-electron chi connectivity index (χ3n) is 8.53. The first-order valence-electron chi connectivity index (χ1n) is 11.2. The van der Waals surface area contributed by atoms with E-state index in [9.17, 15) is 19.5 Å². The van der Waals surface area contributed by atoms with Crippen LogP contribution in [0.4, 0.5) is 0 Å². The molecule has 3 atom stereocenters. The van der Waals surface area contributed by atoms with Crippen molar-refractivity contribution in [3.8, 4) is 0 Å². The number of hydrogen-bond acceptors (Lipinski definition) is 3. The number of aliphatic carboxylic acids is 1. The van der Waals surface area contributed by atoms with Gasteiger partial charge in [0.15, 0.2) is 0 Å². The van der Waals surface area contributed by atoms with Crippen LogP contribution >= 0.6 is 0 Å². The highest BCUT2D eigenvalue weighted by Gasteiger charge is 2.57. The molecule has 2 heterocycles. The molecule has 28 heavy (non-hydrogen) atoms. The van der Waals surface area contributed by atoms with Crippen LogP contribution in [0.1, 0.15) is 58.3 Å². The standard InChI is InChI=1S/C22H32N2O4/c1-13-11-23(12-17(13)20(26)27)19(25)18-3-2-4-24(18)21(28)22-8-14-5-15(9-22)7-16(6-14)10-22/h13-18H,2-12H2,1H3,(H,26,27)/t13-,14?,15?,16?,17-,18?,22?/m1/s1. The minimum atomic E-state index is -0.823. The summed E-state index contributed by atoms with van der Waals surface area (Å²) in [6.07, 6.45) is 8.58. The first-order chi connectivity index (χ1) is 13.4. The first kappa shape index (κ1) is 18.4. The Balaban J connectivity index is 1.32. The predicted molar refractivity (Wildman–Crippen MR) is 102 cm³/mol. The quantitative estimate of drug-likeness (QED) is 0.805. The van der Waals surface area contributed by atoms with E-state index in [0.717, 1.165) is 32.1 Å². The Morgan fingerprint density at radius 3 is 2.11 bits per heavy atom. The SMILES string of the molecule is C[C@@H]1CN(C(=O)C2CCCN2C(=O)C23CC4CC(CC(C4)C2)C3)C[C@H]1C(=O)O. The molecule has 0 aromatic heterocycles. The number of nitrogens with zero attached hydrogens (tertiary/aromatic N) is 2. The van der Waals surface area contributed by atoms with E-state index in [0.29, 0.717) is 30.8 Å². The molecule has 0 aromatic rings. The maximum Gasteiger partial charge on any atom is 0.308 e. The molecule has 1 N–H and O–H groups in total. The number of carboxylic acids is 1. The highest BCUT2D eigenvalue weighted by atomic mass is 16.4. The van der Waals surface area contributed by atoms with E-state index in [-0.39, 0.29) is 35.7 Å². The van der Waals surface area contributed by atoms with E-state index in [1.165, 1.54) is 19.3 Å². The molecule has 1 unspecified atom stereocenters. The fourth-order valence-corrected chi connectivity index (χ4v) is 7.62. The molecule has 6 rings (SSSR count). The number of amides is 2. The van der Waals surface area contributed by atoms with Crippen LogP contribution in [0.15, 0.2) is 0 Å². The number of carbonyl (C=O) groups excluding carboxylic acids is 2. The summed E-state index contributed by atoms with van der Waals surface area (Å²) in [6, 6.07) is -0.375. The molecule has 2 aliphatic heterocycles. The highest BCUT2D eigenvalue weighted by Crippen LogP contribution is 2.60. The molecular formula is C22H32N2O4. The number of rotatable bonds is 3. The fourth-order valence-electron chi connectivity index (χ4n) is 7.62. The van der Waals surface area contributed by atoms with Crippen molar-refractivity contribution in [2.75, 3.05) is 19.6 Å². The van der Waals surface area contributed by atoms with Crippen LogP contribution in [-0.2, 0) is 14.4 Å². The average molecular weight is 389 g/mol. The zero-order valence-corrected chi connectivity index (χ0v) is 16.8. The molecule has 4 saturated carbocycles. The van der Waals surface area contributed by atoms with Gasteiger partial charge in [-0.05, 0) is 75.0 Å². The summed E-state index contributed by atoms with van der Waals surface area (Å²) in [5.41, 5.74) is -0.209. The molecule has 4 aliphatic carbocycles. The molecule has 6 heteroatoms. The van der Waals surface area contributed by atoms with Crippen LogP contribution in [0.25, 0.3) is 0 Å². The minimum absolute atomic E-state index is 0.0221. The highest BCUT2D eigenvalue weighted by molar-refractivity contribution is 5.91. The predicted octanol–water partition coefficient (Wildman–Crippen LogP) is 2.37. The van der Waals surface area contributed by atoms with Gasteiger partial charge in [-0.1, -0.05) is 6.92 Å². The van der Waals surface area contributed by atoms with E-state index < -0.39 is 11.9 Å². The van der Waals surface area contributed by atoms with Crippen LogP contribution in [0.5, 0.6) is 0 Å². The molecule has 0 radical (unpaired) electrons. The molecule has 0 aromatic carbocycles. The summed E-state index contributed by atoms with van der Waals surface area (Å²) in [5.74, 6) is 1.01. The van der Waals surface area contributed by atoms with Gasteiger partial charge in [-0.2, -0.15) is 0 Å². The van der Waals surface area contributed by atoms with E-state index in [1.807, 2.05) is 11.8 Å². The second kappa shape index (κ2) is 6.46. The third kappa shape index (κ3) is 2.78. The molecule has 6 aliphatic rings. The van der Waals surface area contributed by atoms with Crippen molar-refractivity contribution in [2.24, 2.45) is 35.0 Å². The molecule has 6 fully saturated rings. The van der Waals surface area contributed by atoms with Crippen molar-refractivity contribution in [3.05, 3.63) is 0 Å². The van der Waals surface area contributed by atoms with Gasteiger partial charge in [0.25, 0.3) is 0 Å². The van der Waals surface area contributed by atoms with Gasteiger partial charge in [-0.15, -0.1) is 0 Å². The Hall–Kier alpha value is -1.59. The zero-order chi connectivity index (χ0) is 19.6. The Morgan fingerprint density at radius 2 is 1.57 bits per heavy atom. The van der Waals surface area contributed by atoms with Gasteiger partial charge in [0.05, 0.1) is 11.3 Å². The zero-order valence-electron chi connectivity index (χ0n) is 16.8. The molecule has 154 valence electrons. The number of likely N-dealkylation sites (tertiary alicyclic amines) is 2. The second-order valence-corrected chi connectivity index (χ2v) is 10.5. The summed E-state index contributed by atoms with van der Waals surface area (Å²) in [5, 5.41) is 9.38. The molecule has 4 bridgehead atoms. The summed E-state index contributed by atoms with van der Waals surface area (Å²) in [6.45, 7) is 3.36. The molecule has 2 amide bonds. The Morgan fingerprint density at radius 1 is 0.964 bits per heavy atom. The molecule has 2 saturated heterocycles. The van der Waals surface area contributed by atoms with Crippen molar-refractivity contribution in [1.82, 2.24) is 9.80 Å². The fraction of sp³-hybridized carbons (Fsp3) is 0.864. The van der Waals surface area contributed by atoms with Gasteiger partial charge >= 0.3 is 5.97 Å². The maximum atomic E-state index is 13.7. The maximum absolute atomic E-state index is 13.7. The number of carboxylic acid groups (broad SMARTS) is 1. The van der Waals surface area contributed by atoms with E-state index in [1.54, 1.807) is 4.90 Å². The second-order valence-electron chi connectivity index (χ2n) is 10.5. The summed E-state index contributed by atoms with van der Waals surface area (Å²) in [7, 11) is 0. The van der Waals surface area contributed by atoms with Crippen LogP contribution in [0, 0.1) is 35.0 Å². The molecular weight excluding hydrogens is 356 g/mol. The number of carbonyl (C=O) groups is 3. The van der Waals surface area contributed by atoms with Gasteiger partial charge < -0.3 is 14.9 Å². The van der Waals surface area contributed by atoms with E-state index >= 15 is 0 Å². The van der Waals surface area contributed by atoms with Crippen molar-refractivity contribution in [3.63, 3.8) is 0 Å². The van der Waals surface area contributed by atoms with Crippen LogP contribution < -0.4 is 0 Å². The Kier molecular flexibility index (Phi) is 4.25. The topological polar surface area (TPSA) is 77.9 Å². The van der Waals surface area contributed by atoms with Gasteiger partial charge in [0.1, 0.15) is 6.04 Å². The largest absolute Gasteiger partial charge is 0.481 e. The van der Waals surface area contributed by atoms with Crippen molar-refractivity contribution in [2.45, 2.75) is 64.3 Å². The number of hydrogen-bond donors (Lipinski definition) is 1. The van der Waals surface area contributed by atoms with Gasteiger partial charge in [0, 0.05) is 19.6 Å². The van der Waals surface area contributed by atoms with Crippen molar-refractivity contribution in [1.29, 1.82) is 0 Å². The summed E-state index contributed by atoms with van der Waals surface area (Å²) < 4.78 is 0. The minimum Gasteiger partial charge on any atom is -0.481 e. The lowest BCUT2D eigenvalue weighted by atomic mass is 9.49. The monoisotopic (exact) mass is 388 g/mol. The summed E-state index contributed by atoms with van der Waals surface area (Å²) >= 11 is 0. The van der Waals surface area contributed by atoms with Gasteiger partial charge in [-0.3, -0.25) is 14.4 Å².